The van der Waals surface area contributed by atoms with Crippen LogP contribution in [0.25, 0.3) is 0 Å². The minimum Gasteiger partial charge on any atom is -0.339 e. The number of amides is 1. The number of sulfonamides is 1. The van der Waals surface area contributed by atoms with Crippen molar-refractivity contribution in [2.75, 3.05) is 44.0 Å². The molecule has 2 N–H and O–H groups in total. The van der Waals surface area contributed by atoms with Crippen LogP contribution in [-0.4, -0.2) is 63.4 Å². The molecule has 4 rings (SSSR count). The summed E-state index contributed by atoms with van der Waals surface area (Å²) in [4.78, 5) is 17.0. The molecule has 8 heteroatoms. The molecule has 0 bridgehead atoms. The summed E-state index contributed by atoms with van der Waals surface area (Å²) in [6.45, 7) is 8.83. The highest BCUT2D eigenvalue weighted by molar-refractivity contribution is 7.91. The first-order valence-electron chi connectivity index (χ1n) is 12.9. The van der Waals surface area contributed by atoms with Crippen molar-refractivity contribution in [3.8, 4) is 0 Å². The molecule has 0 saturated carbocycles. The van der Waals surface area contributed by atoms with Gasteiger partial charge in [0.1, 0.15) is 0 Å². The van der Waals surface area contributed by atoms with Crippen molar-refractivity contribution in [1.29, 1.82) is 0 Å². The van der Waals surface area contributed by atoms with Crippen molar-refractivity contribution >= 4 is 21.6 Å². The van der Waals surface area contributed by atoms with E-state index in [1.165, 1.54) is 0 Å². The zero-order chi connectivity index (χ0) is 26.3. The Bertz CT molecular complexity index is 1270. The third kappa shape index (κ3) is 6.97. The number of anilines is 1. The standard InChI is InChI=1S/C29H36N4O3S/c1-3-32(4-2)29(34)25-15-13-24(14-16-25)28(33-19-17-30-18-20-33)26-11-8-12-27(21-26)31-37(35,36)22-23-9-6-5-7-10-23/h5-16,21,28,30-31H,3-4,17-20,22H2,1-2H3/t28-/m1/s1. The molecule has 0 spiro atoms. The third-order valence-corrected chi connectivity index (χ3v) is 7.98. The summed E-state index contributed by atoms with van der Waals surface area (Å²) in [6, 6.07) is 24.6. The van der Waals surface area contributed by atoms with Crippen LogP contribution in [0.5, 0.6) is 0 Å². The molecule has 7 nitrogen and oxygen atoms in total. The molecule has 1 aliphatic rings. The molecular weight excluding hydrogens is 484 g/mol. The normalized spacial score (nSPS) is 15.2. The maximum Gasteiger partial charge on any atom is 0.253 e. The fourth-order valence-electron chi connectivity index (χ4n) is 4.84. The molecule has 1 aliphatic heterocycles. The first-order chi connectivity index (χ1) is 17.9. The van der Waals surface area contributed by atoms with E-state index in [1.54, 1.807) is 6.07 Å². The largest absolute Gasteiger partial charge is 0.339 e. The number of carbonyl (C=O) groups is 1. The highest BCUT2D eigenvalue weighted by Crippen LogP contribution is 2.31. The quantitative estimate of drug-likeness (QED) is 0.421. The maximum atomic E-state index is 12.9. The highest BCUT2D eigenvalue weighted by atomic mass is 32.2. The van der Waals surface area contributed by atoms with Crippen LogP contribution in [0.3, 0.4) is 0 Å². The Kier molecular flexibility index (Phi) is 8.97. The van der Waals surface area contributed by atoms with Crippen LogP contribution in [0.4, 0.5) is 5.69 Å². The fraction of sp³-hybridized carbons (Fsp3) is 0.345. The van der Waals surface area contributed by atoms with Gasteiger partial charge in [0.15, 0.2) is 0 Å². The monoisotopic (exact) mass is 520 g/mol. The van der Waals surface area contributed by atoms with Gasteiger partial charge in [0.05, 0.1) is 11.8 Å². The van der Waals surface area contributed by atoms with E-state index in [0.29, 0.717) is 24.3 Å². The SMILES string of the molecule is CCN(CC)C(=O)c1ccc([C@H](c2cccc(NS(=O)(=O)Cc3ccccc3)c2)N2CCNCC2)cc1. The number of hydrogen-bond acceptors (Lipinski definition) is 5. The number of hydrogen-bond donors (Lipinski definition) is 2. The number of rotatable bonds is 10. The zero-order valence-electron chi connectivity index (χ0n) is 21.6. The molecule has 3 aromatic carbocycles. The van der Waals surface area contributed by atoms with Crippen molar-refractivity contribution in [1.82, 2.24) is 15.1 Å². The van der Waals surface area contributed by atoms with E-state index >= 15 is 0 Å². The van der Waals surface area contributed by atoms with Crippen LogP contribution in [0.15, 0.2) is 78.9 Å². The van der Waals surface area contributed by atoms with Crippen LogP contribution in [0, 0.1) is 0 Å². The summed E-state index contributed by atoms with van der Waals surface area (Å²) in [5.74, 6) is -0.0495. The Morgan fingerprint density at radius 1 is 0.919 bits per heavy atom. The van der Waals surface area contributed by atoms with Gasteiger partial charge in [-0.05, 0) is 54.8 Å². The molecule has 0 aliphatic carbocycles. The first kappa shape index (κ1) is 26.9. The Balaban J connectivity index is 1.61. The molecule has 1 saturated heterocycles. The van der Waals surface area contributed by atoms with Gasteiger partial charge in [0.2, 0.25) is 10.0 Å². The van der Waals surface area contributed by atoms with Gasteiger partial charge in [0, 0.05) is 50.5 Å². The fourth-order valence-corrected chi connectivity index (χ4v) is 6.03. The lowest BCUT2D eigenvalue weighted by Gasteiger charge is -2.36. The van der Waals surface area contributed by atoms with Crippen molar-refractivity contribution in [2.45, 2.75) is 25.6 Å². The molecule has 1 fully saturated rings. The lowest BCUT2D eigenvalue weighted by molar-refractivity contribution is 0.0773. The number of nitrogens with zero attached hydrogens (tertiary/aromatic N) is 2. The predicted molar refractivity (Wildman–Crippen MR) is 149 cm³/mol. The van der Waals surface area contributed by atoms with Crippen LogP contribution < -0.4 is 10.0 Å². The molecule has 196 valence electrons. The van der Waals surface area contributed by atoms with Crippen molar-refractivity contribution < 1.29 is 13.2 Å². The van der Waals surface area contributed by atoms with Gasteiger partial charge in [-0.1, -0.05) is 54.6 Å². The topological polar surface area (TPSA) is 81.8 Å². The summed E-state index contributed by atoms with van der Waals surface area (Å²) in [6.07, 6.45) is 0. The second kappa shape index (κ2) is 12.4. The van der Waals surface area contributed by atoms with Crippen molar-refractivity contribution in [3.05, 3.63) is 101 Å². The van der Waals surface area contributed by atoms with Gasteiger partial charge in [-0.25, -0.2) is 8.42 Å². The van der Waals surface area contributed by atoms with E-state index in [2.05, 4.69) is 14.9 Å². The average molecular weight is 521 g/mol. The number of benzene rings is 3. The van der Waals surface area contributed by atoms with E-state index in [0.717, 1.165) is 42.9 Å². The van der Waals surface area contributed by atoms with E-state index < -0.39 is 10.0 Å². The predicted octanol–water partition coefficient (Wildman–Crippen LogP) is 4.11. The Labute approximate surface area is 220 Å². The van der Waals surface area contributed by atoms with E-state index in [-0.39, 0.29) is 17.7 Å². The van der Waals surface area contributed by atoms with Crippen molar-refractivity contribution in [2.24, 2.45) is 0 Å². The van der Waals surface area contributed by atoms with E-state index in [1.807, 2.05) is 91.5 Å². The molecule has 1 heterocycles. The van der Waals surface area contributed by atoms with E-state index in [9.17, 15) is 13.2 Å². The van der Waals surface area contributed by atoms with Gasteiger partial charge >= 0.3 is 0 Å². The minimum atomic E-state index is -3.56. The van der Waals surface area contributed by atoms with Gasteiger partial charge in [0.25, 0.3) is 5.91 Å². The van der Waals surface area contributed by atoms with E-state index in [4.69, 9.17) is 0 Å². The van der Waals surface area contributed by atoms with Gasteiger partial charge in [-0.2, -0.15) is 0 Å². The summed E-state index contributed by atoms with van der Waals surface area (Å²) >= 11 is 0. The summed E-state index contributed by atoms with van der Waals surface area (Å²) in [5, 5.41) is 3.40. The molecule has 0 aromatic heterocycles. The Hall–Kier alpha value is -3.20. The molecule has 0 unspecified atom stereocenters. The average Bonchev–Trinajstić information content (AvgIpc) is 2.91. The van der Waals surface area contributed by atoms with Gasteiger partial charge in [-0.3, -0.25) is 14.4 Å². The molecule has 1 amide bonds. The van der Waals surface area contributed by atoms with Gasteiger partial charge in [-0.15, -0.1) is 0 Å². The second-order valence-corrected chi connectivity index (χ2v) is 11.0. The molecule has 0 radical (unpaired) electrons. The maximum absolute atomic E-state index is 12.9. The summed E-state index contributed by atoms with van der Waals surface area (Å²) in [7, 11) is -3.56. The smallest absolute Gasteiger partial charge is 0.253 e. The van der Waals surface area contributed by atoms with Crippen LogP contribution in [-0.2, 0) is 15.8 Å². The number of piperazine rings is 1. The third-order valence-electron chi connectivity index (χ3n) is 6.72. The number of carbonyl (C=O) groups excluding carboxylic acids is 1. The van der Waals surface area contributed by atoms with Crippen LogP contribution >= 0.6 is 0 Å². The Morgan fingerprint density at radius 2 is 1.59 bits per heavy atom. The molecule has 3 aromatic rings. The Morgan fingerprint density at radius 3 is 2.24 bits per heavy atom. The van der Waals surface area contributed by atoms with Gasteiger partial charge < -0.3 is 10.2 Å². The second-order valence-electron chi connectivity index (χ2n) is 9.26. The minimum absolute atomic E-state index is 0.0325. The molecular formula is C29H36N4O3S. The van der Waals surface area contributed by atoms with Crippen LogP contribution in [0.1, 0.15) is 46.9 Å². The molecule has 1 atom stereocenters. The first-order valence-corrected chi connectivity index (χ1v) is 14.5. The summed E-state index contributed by atoms with van der Waals surface area (Å²) < 4.78 is 28.5. The lowest BCUT2D eigenvalue weighted by Crippen LogP contribution is -2.45. The summed E-state index contributed by atoms with van der Waals surface area (Å²) in [5.41, 5.74) is 4.03. The molecule has 37 heavy (non-hydrogen) atoms. The number of nitrogens with one attached hydrogen (secondary N) is 2. The van der Waals surface area contributed by atoms with Crippen molar-refractivity contribution in [3.63, 3.8) is 0 Å². The zero-order valence-corrected chi connectivity index (χ0v) is 22.4. The van der Waals surface area contributed by atoms with Crippen LogP contribution in [0.2, 0.25) is 0 Å². The lowest BCUT2D eigenvalue weighted by atomic mass is 9.95. The highest BCUT2D eigenvalue weighted by Gasteiger charge is 2.25.